The topological polar surface area (TPSA) is 55.4 Å². The van der Waals surface area contributed by atoms with Crippen LogP contribution in [0.5, 0.6) is 0 Å². The molecule has 0 fully saturated rings. The highest BCUT2D eigenvalue weighted by Gasteiger charge is 2.12. The summed E-state index contributed by atoms with van der Waals surface area (Å²) in [6, 6.07) is 3.72. The number of anilines is 1. The van der Waals surface area contributed by atoms with E-state index in [2.05, 4.69) is 25.4 Å². The molecule has 0 radical (unpaired) electrons. The van der Waals surface area contributed by atoms with Gasteiger partial charge in [0, 0.05) is 11.6 Å². The Hall–Kier alpha value is -0.660. The third-order valence-corrected chi connectivity index (χ3v) is 3.64. The second-order valence-corrected chi connectivity index (χ2v) is 5.73. The Morgan fingerprint density at radius 2 is 2.19 bits per heavy atom. The SMILES string of the molecule is COCCS(=O)(=O)Nc1ccc(F)cc1Br. The number of ether oxygens (including phenoxy) is 1. The fourth-order valence-electron chi connectivity index (χ4n) is 0.984. The van der Waals surface area contributed by atoms with E-state index in [9.17, 15) is 12.8 Å². The molecule has 0 amide bonds. The quantitative estimate of drug-likeness (QED) is 0.904. The van der Waals surface area contributed by atoms with Gasteiger partial charge in [-0.3, -0.25) is 4.72 Å². The van der Waals surface area contributed by atoms with Gasteiger partial charge in [-0.2, -0.15) is 0 Å². The molecule has 0 aliphatic rings. The van der Waals surface area contributed by atoms with Crippen molar-refractivity contribution in [3.05, 3.63) is 28.5 Å². The summed E-state index contributed by atoms with van der Waals surface area (Å²) in [4.78, 5) is 0. The molecule has 0 aromatic heterocycles. The number of methoxy groups -OCH3 is 1. The van der Waals surface area contributed by atoms with Crippen molar-refractivity contribution in [2.45, 2.75) is 0 Å². The zero-order valence-electron chi connectivity index (χ0n) is 8.54. The van der Waals surface area contributed by atoms with E-state index in [1.54, 1.807) is 0 Å². The van der Waals surface area contributed by atoms with Crippen molar-refractivity contribution in [2.24, 2.45) is 0 Å². The lowest BCUT2D eigenvalue weighted by Gasteiger charge is -2.09. The second kappa shape index (κ2) is 5.60. The minimum absolute atomic E-state index is 0.105. The Kier molecular flexibility index (Phi) is 4.69. The number of sulfonamides is 1. The normalized spacial score (nSPS) is 11.4. The minimum atomic E-state index is -3.46. The van der Waals surface area contributed by atoms with Crippen molar-refractivity contribution in [2.75, 3.05) is 24.2 Å². The molecule has 1 aromatic rings. The molecule has 16 heavy (non-hydrogen) atoms. The molecule has 7 heteroatoms. The van der Waals surface area contributed by atoms with Crippen LogP contribution in [0.2, 0.25) is 0 Å². The van der Waals surface area contributed by atoms with Gasteiger partial charge in [-0.1, -0.05) is 0 Å². The summed E-state index contributed by atoms with van der Waals surface area (Å²) in [6.45, 7) is 0.105. The summed E-state index contributed by atoms with van der Waals surface area (Å²) < 4.78 is 43.1. The molecule has 0 bridgehead atoms. The maximum Gasteiger partial charge on any atom is 0.235 e. The smallest absolute Gasteiger partial charge is 0.235 e. The molecule has 0 saturated carbocycles. The lowest BCUT2D eigenvalue weighted by Crippen LogP contribution is -2.19. The zero-order valence-corrected chi connectivity index (χ0v) is 10.9. The van der Waals surface area contributed by atoms with E-state index >= 15 is 0 Å². The predicted octanol–water partition coefficient (Wildman–Crippen LogP) is 1.98. The van der Waals surface area contributed by atoms with Gasteiger partial charge in [0.05, 0.1) is 18.0 Å². The Morgan fingerprint density at radius 1 is 1.50 bits per heavy atom. The van der Waals surface area contributed by atoms with E-state index in [0.717, 1.165) is 0 Å². The minimum Gasteiger partial charge on any atom is -0.384 e. The average Bonchev–Trinajstić information content (AvgIpc) is 2.19. The highest BCUT2D eigenvalue weighted by molar-refractivity contribution is 9.10. The first-order valence-electron chi connectivity index (χ1n) is 4.39. The van der Waals surface area contributed by atoms with E-state index in [1.165, 1.54) is 25.3 Å². The number of halogens is 2. The van der Waals surface area contributed by atoms with Crippen LogP contribution < -0.4 is 4.72 Å². The molecule has 0 aliphatic heterocycles. The third-order valence-electron chi connectivity index (χ3n) is 1.75. The van der Waals surface area contributed by atoms with E-state index in [4.69, 9.17) is 0 Å². The molecular weight excluding hydrogens is 301 g/mol. The molecule has 0 heterocycles. The summed E-state index contributed by atoms with van der Waals surface area (Å²) >= 11 is 3.07. The first-order chi connectivity index (χ1) is 7.44. The molecule has 1 N–H and O–H groups in total. The van der Waals surface area contributed by atoms with Crippen molar-refractivity contribution >= 4 is 31.6 Å². The molecule has 0 aliphatic carbocycles. The molecule has 1 aromatic carbocycles. The van der Waals surface area contributed by atoms with Gasteiger partial charge in [0.1, 0.15) is 5.82 Å². The van der Waals surface area contributed by atoms with Crippen molar-refractivity contribution in [3.63, 3.8) is 0 Å². The van der Waals surface area contributed by atoms with Crippen molar-refractivity contribution in [1.29, 1.82) is 0 Å². The van der Waals surface area contributed by atoms with Crippen LogP contribution in [0.25, 0.3) is 0 Å². The molecule has 0 atom stereocenters. The highest BCUT2D eigenvalue weighted by atomic mass is 79.9. The van der Waals surface area contributed by atoms with Crippen molar-refractivity contribution in [1.82, 2.24) is 0 Å². The zero-order chi connectivity index (χ0) is 12.2. The number of benzene rings is 1. The van der Waals surface area contributed by atoms with E-state index < -0.39 is 15.8 Å². The Morgan fingerprint density at radius 3 is 2.75 bits per heavy atom. The lowest BCUT2D eigenvalue weighted by molar-refractivity contribution is 0.217. The van der Waals surface area contributed by atoms with E-state index in [0.29, 0.717) is 10.2 Å². The summed E-state index contributed by atoms with van der Waals surface area (Å²) in [5, 5.41) is 0. The Balaban J connectivity index is 2.80. The number of hydrogen-bond acceptors (Lipinski definition) is 3. The van der Waals surface area contributed by atoms with E-state index in [1.807, 2.05) is 0 Å². The molecule has 4 nitrogen and oxygen atoms in total. The van der Waals surface area contributed by atoms with Crippen LogP contribution in [0.15, 0.2) is 22.7 Å². The largest absolute Gasteiger partial charge is 0.384 e. The van der Waals surface area contributed by atoms with Crippen LogP contribution in [0.4, 0.5) is 10.1 Å². The number of rotatable bonds is 5. The van der Waals surface area contributed by atoms with Crippen molar-refractivity contribution in [3.8, 4) is 0 Å². The summed E-state index contributed by atoms with van der Waals surface area (Å²) in [6.07, 6.45) is 0. The molecule has 1 rings (SSSR count). The van der Waals surface area contributed by atoms with Crippen LogP contribution in [-0.2, 0) is 14.8 Å². The fourth-order valence-corrected chi connectivity index (χ4v) is 2.57. The van der Waals surface area contributed by atoms with Crippen LogP contribution in [0.1, 0.15) is 0 Å². The molecule has 0 saturated heterocycles. The maximum atomic E-state index is 12.8. The first-order valence-corrected chi connectivity index (χ1v) is 6.83. The number of nitrogens with one attached hydrogen (secondary N) is 1. The van der Waals surface area contributed by atoms with Crippen LogP contribution in [-0.4, -0.2) is 27.9 Å². The Bertz CT molecular complexity index is 464. The van der Waals surface area contributed by atoms with Gasteiger partial charge in [0.15, 0.2) is 0 Å². The fraction of sp³-hybridized carbons (Fsp3) is 0.333. The van der Waals surface area contributed by atoms with Gasteiger partial charge in [-0.05, 0) is 34.1 Å². The average molecular weight is 312 g/mol. The lowest BCUT2D eigenvalue weighted by atomic mass is 10.3. The summed E-state index contributed by atoms with van der Waals surface area (Å²) in [7, 11) is -2.04. The van der Waals surface area contributed by atoms with Crippen LogP contribution in [0, 0.1) is 5.82 Å². The van der Waals surface area contributed by atoms with E-state index in [-0.39, 0.29) is 12.4 Å². The summed E-state index contributed by atoms with van der Waals surface area (Å²) in [5.74, 6) is -0.584. The molecule has 0 spiro atoms. The van der Waals surface area contributed by atoms with Gasteiger partial charge in [-0.25, -0.2) is 12.8 Å². The van der Waals surface area contributed by atoms with Gasteiger partial charge in [0.25, 0.3) is 0 Å². The van der Waals surface area contributed by atoms with Gasteiger partial charge in [-0.15, -0.1) is 0 Å². The monoisotopic (exact) mass is 311 g/mol. The highest BCUT2D eigenvalue weighted by Crippen LogP contribution is 2.23. The van der Waals surface area contributed by atoms with Gasteiger partial charge >= 0.3 is 0 Å². The maximum absolute atomic E-state index is 12.8. The standard InChI is InChI=1S/C9H11BrFNO3S/c1-15-4-5-16(13,14)12-9-3-2-7(11)6-8(9)10/h2-3,6,12H,4-5H2,1H3. The molecule has 0 unspecified atom stereocenters. The van der Waals surface area contributed by atoms with Crippen LogP contribution >= 0.6 is 15.9 Å². The van der Waals surface area contributed by atoms with Gasteiger partial charge < -0.3 is 4.74 Å². The molecule has 90 valence electrons. The van der Waals surface area contributed by atoms with Crippen molar-refractivity contribution < 1.29 is 17.5 Å². The summed E-state index contributed by atoms with van der Waals surface area (Å²) in [5.41, 5.74) is 0.303. The predicted molar refractivity (Wildman–Crippen MR) is 63.4 cm³/mol. The van der Waals surface area contributed by atoms with Crippen LogP contribution in [0.3, 0.4) is 0 Å². The molecular formula is C9H11BrFNO3S. The first kappa shape index (κ1) is 13.4. The third kappa shape index (κ3) is 4.07. The number of hydrogen-bond donors (Lipinski definition) is 1. The second-order valence-electron chi connectivity index (χ2n) is 3.04. The van der Waals surface area contributed by atoms with Gasteiger partial charge in [0.2, 0.25) is 10.0 Å². The Labute approximate surface area is 102 Å².